The maximum Gasteiger partial charge on any atom is 0.268 e. The average molecular weight is 243 g/mol. The van der Waals surface area contributed by atoms with Crippen molar-refractivity contribution in [3.8, 4) is 0 Å². The highest BCUT2D eigenvalue weighted by molar-refractivity contribution is 7.98. The van der Waals surface area contributed by atoms with E-state index in [1.54, 1.807) is 17.8 Å². The van der Waals surface area contributed by atoms with Crippen molar-refractivity contribution in [1.29, 1.82) is 0 Å². The molecule has 0 radical (unpaired) electrons. The van der Waals surface area contributed by atoms with E-state index < -0.39 is 0 Å². The molecule has 0 saturated carbocycles. The number of amides is 1. The number of hydrogen-bond acceptors (Lipinski definition) is 5. The molecule has 0 spiro atoms. The molecule has 0 saturated heterocycles. The Morgan fingerprint density at radius 1 is 1.62 bits per heavy atom. The predicted octanol–water partition coefficient (Wildman–Crippen LogP) is 0.678. The topological polar surface area (TPSA) is 71.5 Å². The van der Waals surface area contributed by atoms with Crippen molar-refractivity contribution in [3.05, 3.63) is 23.7 Å². The fourth-order valence-electron chi connectivity index (χ4n) is 1.14. The van der Waals surface area contributed by atoms with Gasteiger partial charge in [-0.1, -0.05) is 0 Å². The summed E-state index contributed by atoms with van der Waals surface area (Å²) in [6, 6.07) is 1.63. The van der Waals surface area contributed by atoms with Crippen molar-refractivity contribution < 1.29 is 9.21 Å². The fourth-order valence-corrected chi connectivity index (χ4v) is 2.19. The van der Waals surface area contributed by atoms with E-state index in [1.807, 2.05) is 14.1 Å². The number of nitrogen functional groups attached to an aromatic ring is 1. The molecule has 0 atom stereocenters. The SMILES string of the molecule is CN(C)CCSCc1occc1C(=O)NN. The van der Waals surface area contributed by atoms with E-state index in [0.717, 1.165) is 12.3 Å². The van der Waals surface area contributed by atoms with Crippen LogP contribution in [0.1, 0.15) is 16.1 Å². The highest BCUT2D eigenvalue weighted by Crippen LogP contribution is 2.17. The minimum absolute atomic E-state index is 0.308. The first-order chi connectivity index (χ1) is 7.65. The maximum atomic E-state index is 11.3. The highest BCUT2D eigenvalue weighted by atomic mass is 32.2. The molecule has 0 aliphatic rings. The Morgan fingerprint density at radius 3 is 3.00 bits per heavy atom. The standard InChI is InChI=1S/C10H17N3O2S/c1-13(2)4-6-16-7-9-8(3-5-15-9)10(14)12-11/h3,5H,4,6-7,11H2,1-2H3,(H,12,14). The molecule has 3 N–H and O–H groups in total. The Hall–Kier alpha value is -0.980. The lowest BCUT2D eigenvalue weighted by Gasteiger charge is -2.08. The van der Waals surface area contributed by atoms with E-state index >= 15 is 0 Å². The lowest BCUT2D eigenvalue weighted by Crippen LogP contribution is -2.30. The van der Waals surface area contributed by atoms with Gasteiger partial charge in [0.1, 0.15) is 5.76 Å². The minimum Gasteiger partial charge on any atom is -0.468 e. The number of thioether (sulfide) groups is 1. The Labute approximate surface area is 99.3 Å². The number of furan rings is 1. The monoisotopic (exact) mass is 243 g/mol. The van der Waals surface area contributed by atoms with Gasteiger partial charge in [-0.05, 0) is 20.2 Å². The summed E-state index contributed by atoms with van der Waals surface area (Å²) in [6.07, 6.45) is 1.51. The Bertz CT molecular complexity index is 339. The normalized spacial score (nSPS) is 10.8. The van der Waals surface area contributed by atoms with Crippen molar-refractivity contribution in [1.82, 2.24) is 10.3 Å². The summed E-state index contributed by atoms with van der Waals surface area (Å²) >= 11 is 1.73. The second kappa shape index (κ2) is 6.57. The molecular formula is C10H17N3O2S. The summed E-state index contributed by atoms with van der Waals surface area (Å²) in [6.45, 7) is 1.00. The van der Waals surface area contributed by atoms with Gasteiger partial charge in [0.2, 0.25) is 0 Å². The number of rotatable bonds is 6. The third kappa shape index (κ3) is 3.88. The van der Waals surface area contributed by atoms with Crippen LogP contribution in [0, 0.1) is 0 Å². The molecule has 0 aromatic carbocycles. The van der Waals surface area contributed by atoms with Crippen molar-refractivity contribution in [2.24, 2.45) is 5.84 Å². The number of nitrogens with two attached hydrogens (primary N) is 1. The van der Waals surface area contributed by atoms with Crippen LogP contribution >= 0.6 is 11.8 Å². The lowest BCUT2D eigenvalue weighted by atomic mass is 10.2. The number of nitrogens with zero attached hydrogens (tertiary/aromatic N) is 1. The predicted molar refractivity (Wildman–Crippen MR) is 65.1 cm³/mol. The Kier molecular flexibility index (Phi) is 5.37. The van der Waals surface area contributed by atoms with Gasteiger partial charge in [0.05, 0.1) is 17.6 Å². The summed E-state index contributed by atoms with van der Waals surface area (Å²) in [5.41, 5.74) is 2.61. The number of hydrogen-bond donors (Lipinski definition) is 2. The molecule has 0 aliphatic carbocycles. The van der Waals surface area contributed by atoms with E-state index in [2.05, 4.69) is 10.3 Å². The second-order valence-corrected chi connectivity index (χ2v) is 4.69. The first-order valence-electron chi connectivity index (χ1n) is 4.95. The molecule has 1 heterocycles. The molecule has 6 heteroatoms. The van der Waals surface area contributed by atoms with Crippen molar-refractivity contribution in [2.75, 3.05) is 26.4 Å². The average Bonchev–Trinajstić information content (AvgIpc) is 2.71. The van der Waals surface area contributed by atoms with Gasteiger partial charge in [0.25, 0.3) is 5.91 Å². The smallest absolute Gasteiger partial charge is 0.268 e. The maximum absolute atomic E-state index is 11.3. The van der Waals surface area contributed by atoms with Crippen LogP contribution in [-0.2, 0) is 5.75 Å². The summed E-state index contributed by atoms with van der Waals surface area (Å²) < 4.78 is 5.24. The summed E-state index contributed by atoms with van der Waals surface area (Å²) in [5.74, 6) is 7.12. The zero-order chi connectivity index (χ0) is 12.0. The second-order valence-electron chi connectivity index (χ2n) is 3.59. The Morgan fingerprint density at radius 2 is 2.38 bits per heavy atom. The van der Waals surface area contributed by atoms with E-state index in [9.17, 15) is 4.79 Å². The third-order valence-corrected chi connectivity index (χ3v) is 2.97. The van der Waals surface area contributed by atoms with Crippen molar-refractivity contribution in [3.63, 3.8) is 0 Å². The molecule has 1 rings (SSSR count). The molecule has 0 unspecified atom stereocenters. The van der Waals surface area contributed by atoms with E-state index in [1.165, 1.54) is 6.26 Å². The van der Waals surface area contributed by atoms with Crippen LogP contribution in [0.4, 0.5) is 0 Å². The lowest BCUT2D eigenvalue weighted by molar-refractivity contribution is 0.0952. The zero-order valence-corrected chi connectivity index (χ0v) is 10.3. The van der Waals surface area contributed by atoms with Crippen molar-refractivity contribution in [2.45, 2.75) is 5.75 Å². The Balaban J connectivity index is 2.42. The van der Waals surface area contributed by atoms with Crippen LogP contribution in [0.25, 0.3) is 0 Å². The van der Waals surface area contributed by atoms with Gasteiger partial charge in [0.15, 0.2) is 0 Å². The molecular weight excluding hydrogens is 226 g/mol. The molecule has 16 heavy (non-hydrogen) atoms. The van der Waals surface area contributed by atoms with Gasteiger partial charge in [-0.15, -0.1) is 0 Å². The molecule has 0 fully saturated rings. The molecule has 1 aromatic heterocycles. The summed E-state index contributed by atoms with van der Waals surface area (Å²) in [7, 11) is 4.06. The van der Waals surface area contributed by atoms with Crippen LogP contribution in [0.5, 0.6) is 0 Å². The third-order valence-electron chi connectivity index (χ3n) is 2.04. The molecule has 0 bridgehead atoms. The number of nitrogens with one attached hydrogen (secondary N) is 1. The van der Waals surface area contributed by atoms with Crippen LogP contribution in [-0.4, -0.2) is 37.2 Å². The van der Waals surface area contributed by atoms with E-state index in [4.69, 9.17) is 10.3 Å². The number of carbonyl (C=O) groups excluding carboxylic acids is 1. The van der Waals surface area contributed by atoms with Crippen LogP contribution in [0.2, 0.25) is 0 Å². The van der Waals surface area contributed by atoms with Gasteiger partial charge in [-0.25, -0.2) is 5.84 Å². The molecule has 0 aliphatic heterocycles. The van der Waals surface area contributed by atoms with Gasteiger partial charge >= 0.3 is 0 Å². The van der Waals surface area contributed by atoms with Gasteiger partial charge in [-0.3, -0.25) is 10.2 Å². The molecule has 1 amide bonds. The molecule has 1 aromatic rings. The molecule has 90 valence electrons. The van der Waals surface area contributed by atoms with Crippen LogP contribution in [0.3, 0.4) is 0 Å². The fraction of sp³-hybridized carbons (Fsp3) is 0.500. The van der Waals surface area contributed by atoms with Crippen molar-refractivity contribution >= 4 is 17.7 Å². The van der Waals surface area contributed by atoms with Crippen LogP contribution in [0.15, 0.2) is 16.7 Å². The van der Waals surface area contributed by atoms with E-state index in [-0.39, 0.29) is 5.91 Å². The zero-order valence-electron chi connectivity index (χ0n) is 9.53. The largest absolute Gasteiger partial charge is 0.468 e. The van der Waals surface area contributed by atoms with Gasteiger partial charge in [-0.2, -0.15) is 11.8 Å². The quantitative estimate of drug-likeness (QED) is 0.333. The summed E-state index contributed by atoms with van der Waals surface area (Å²) in [5, 5.41) is 0. The van der Waals surface area contributed by atoms with Crippen LogP contribution < -0.4 is 11.3 Å². The number of hydrazine groups is 1. The molecule has 5 nitrogen and oxygen atoms in total. The van der Waals surface area contributed by atoms with Gasteiger partial charge < -0.3 is 9.32 Å². The summed E-state index contributed by atoms with van der Waals surface area (Å²) in [4.78, 5) is 13.4. The first-order valence-corrected chi connectivity index (χ1v) is 6.10. The van der Waals surface area contributed by atoms with Gasteiger partial charge in [0, 0.05) is 12.3 Å². The first kappa shape index (κ1) is 13.1. The van der Waals surface area contributed by atoms with E-state index in [0.29, 0.717) is 17.1 Å². The highest BCUT2D eigenvalue weighted by Gasteiger charge is 2.12. The number of carbonyl (C=O) groups is 1. The minimum atomic E-state index is -0.308.